The summed E-state index contributed by atoms with van der Waals surface area (Å²) in [7, 11) is 1.80. The number of aryl methyl sites for hydroxylation is 1. The number of nitrogens with zero attached hydrogens (tertiary/aromatic N) is 3. The molecular formula is C13H13N3O. The second kappa shape index (κ2) is 3.52. The van der Waals surface area contributed by atoms with Gasteiger partial charge in [-0.15, -0.1) is 0 Å². The molecule has 2 heterocycles. The molecule has 3 rings (SSSR count). The number of rotatable bonds is 1. The Balaban J connectivity index is 2.22. The molecule has 0 radical (unpaired) electrons. The van der Waals surface area contributed by atoms with E-state index >= 15 is 0 Å². The lowest BCUT2D eigenvalue weighted by atomic mass is 9.93. The van der Waals surface area contributed by atoms with E-state index in [0.717, 1.165) is 28.9 Å². The molecule has 0 saturated carbocycles. The number of hydrogen-bond acceptors (Lipinski definition) is 4. The van der Waals surface area contributed by atoms with Crippen molar-refractivity contribution in [2.45, 2.75) is 19.4 Å². The first-order valence-electron chi connectivity index (χ1n) is 5.74. The maximum absolute atomic E-state index is 12.4. The minimum Gasteiger partial charge on any atom is -0.291 e. The predicted octanol–water partition coefficient (Wildman–Crippen LogP) is 1.82. The smallest absolute Gasteiger partial charge is 0.195 e. The second-order valence-corrected chi connectivity index (χ2v) is 4.29. The molecule has 4 nitrogen and oxygen atoms in total. The van der Waals surface area contributed by atoms with Crippen molar-refractivity contribution in [1.82, 2.24) is 5.01 Å². The normalized spacial score (nSPS) is 21.3. The van der Waals surface area contributed by atoms with Crippen LogP contribution in [0.1, 0.15) is 22.8 Å². The summed E-state index contributed by atoms with van der Waals surface area (Å²) < 4.78 is 0. The van der Waals surface area contributed by atoms with Gasteiger partial charge in [0.05, 0.1) is 17.6 Å². The number of benzene rings is 1. The van der Waals surface area contributed by atoms with Crippen LogP contribution in [0.4, 0.5) is 5.69 Å². The van der Waals surface area contributed by atoms with Crippen molar-refractivity contribution in [2.24, 2.45) is 10.1 Å². The first kappa shape index (κ1) is 10.2. The molecule has 1 atom stereocenters. The molecule has 4 heteroatoms. The lowest BCUT2D eigenvalue weighted by Crippen LogP contribution is -2.39. The van der Waals surface area contributed by atoms with Crippen molar-refractivity contribution in [1.29, 1.82) is 0 Å². The van der Waals surface area contributed by atoms with E-state index in [0.29, 0.717) is 0 Å². The SMILES string of the molecule is CCc1cccc2c1N=C1C=NN(C)C1C2=O. The molecule has 17 heavy (non-hydrogen) atoms. The van der Waals surface area contributed by atoms with Gasteiger partial charge in [0.25, 0.3) is 0 Å². The summed E-state index contributed by atoms with van der Waals surface area (Å²) in [6.45, 7) is 2.07. The van der Waals surface area contributed by atoms with E-state index in [2.05, 4.69) is 17.0 Å². The first-order valence-corrected chi connectivity index (χ1v) is 5.74. The van der Waals surface area contributed by atoms with Gasteiger partial charge in [0.2, 0.25) is 0 Å². The van der Waals surface area contributed by atoms with E-state index in [4.69, 9.17) is 0 Å². The minimum atomic E-state index is -0.324. The Morgan fingerprint density at radius 2 is 2.24 bits per heavy atom. The fourth-order valence-corrected chi connectivity index (χ4v) is 2.36. The molecule has 0 saturated heterocycles. The van der Waals surface area contributed by atoms with Gasteiger partial charge in [-0.3, -0.25) is 9.80 Å². The van der Waals surface area contributed by atoms with Crippen molar-refractivity contribution in [3.05, 3.63) is 29.3 Å². The fourth-order valence-electron chi connectivity index (χ4n) is 2.36. The highest BCUT2D eigenvalue weighted by atomic mass is 16.1. The van der Waals surface area contributed by atoms with Crippen LogP contribution in [0.2, 0.25) is 0 Å². The van der Waals surface area contributed by atoms with Crippen LogP contribution < -0.4 is 0 Å². The molecule has 1 aromatic carbocycles. The van der Waals surface area contributed by atoms with Crippen molar-refractivity contribution in [2.75, 3.05) is 7.05 Å². The van der Waals surface area contributed by atoms with Gasteiger partial charge < -0.3 is 0 Å². The number of para-hydroxylation sites is 1. The monoisotopic (exact) mass is 227 g/mol. The lowest BCUT2D eigenvalue weighted by molar-refractivity contribution is 0.0916. The minimum absolute atomic E-state index is 0.0975. The van der Waals surface area contributed by atoms with Gasteiger partial charge in [0.15, 0.2) is 11.8 Å². The highest BCUT2D eigenvalue weighted by Gasteiger charge is 2.37. The van der Waals surface area contributed by atoms with Gasteiger partial charge in [-0.2, -0.15) is 5.10 Å². The van der Waals surface area contributed by atoms with Crippen LogP contribution in [0, 0.1) is 0 Å². The Kier molecular flexibility index (Phi) is 2.11. The van der Waals surface area contributed by atoms with E-state index in [-0.39, 0.29) is 11.8 Å². The lowest BCUT2D eigenvalue weighted by Gasteiger charge is -2.23. The third-order valence-corrected chi connectivity index (χ3v) is 3.28. The average Bonchev–Trinajstić information content (AvgIpc) is 2.71. The molecule has 2 aliphatic rings. The molecule has 0 fully saturated rings. The quantitative estimate of drug-likeness (QED) is 0.734. The topological polar surface area (TPSA) is 45.0 Å². The molecule has 0 aliphatic carbocycles. The summed E-state index contributed by atoms with van der Waals surface area (Å²) in [6.07, 6.45) is 2.56. The Labute approximate surface area is 99.7 Å². The van der Waals surface area contributed by atoms with Gasteiger partial charge in [0.1, 0.15) is 0 Å². The van der Waals surface area contributed by atoms with Crippen molar-refractivity contribution < 1.29 is 4.79 Å². The average molecular weight is 227 g/mol. The summed E-state index contributed by atoms with van der Waals surface area (Å²) in [4.78, 5) is 17.0. The number of aliphatic imine (C=N–C) groups is 1. The molecule has 1 aromatic rings. The van der Waals surface area contributed by atoms with Crippen LogP contribution in [0.3, 0.4) is 0 Å². The van der Waals surface area contributed by atoms with E-state index in [1.807, 2.05) is 18.2 Å². The number of ketones is 1. The predicted molar refractivity (Wildman–Crippen MR) is 67.3 cm³/mol. The zero-order chi connectivity index (χ0) is 12.0. The Morgan fingerprint density at radius 1 is 1.41 bits per heavy atom. The third-order valence-electron chi connectivity index (χ3n) is 3.28. The van der Waals surface area contributed by atoms with Gasteiger partial charge in [0, 0.05) is 12.6 Å². The van der Waals surface area contributed by atoms with E-state index in [1.54, 1.807) is 18.3 Å². The van der Waals surface area contributed by atoms with Crippen LogP contribution in [-0.4, -0.2) is 35.8 Å². The summed E-state index contributed by atoms with van der Waals surface area (Å²) >= 11 is 0. The highest BCUT2D eigenvalue weighted by Crippen LogP contribution is 2.32. The van der Waals surface area contributed by atoms with Crippen LogP contribution >= 0.6 is 0 Å². The standard InChI is InChI=1S/C13H13N3O/c1-3-8-5-4-6-9-11(8)15-10-7-14-16(2)12(10)13(9)17/h4-7,12H,3H2,1-2H3. The first-order chi connectivity index (χ1) is 8.22. The van der Waals surface area contributed by atoms with Crippen LogP contribution in [0.25, 0.3) is 0 Å². The highest BCUT2D eigenvalue weighted by molar-refractivity contribution is 6.43. The van der Waals surface area contributed by atoms with Gasteiger partial charge >= 0.3 is 0 Å². The number of hydrogen-bond donors (Lipinski definition) is 0. The summed E-state index contributed by atoms with van der Waals surface area (Å²) in [5, 5.41) is 5.80. The number of likely N-dealkylation sites (N-methyl/N-ethyl adjacent to an activating group) is 1. The molecular weight excluding hydrogens is 214 g/mol. The molecule has 0 bridgehead atoms. The Hall–Kier alpha value is -1.97. The number of carbonyl (C=O) groups is 1. The van der Waals surface area contributed by atoms with E-state index < -0.39 is 0 Å². The number of hydrazone groups is 1. The number of Topliss-reactive ketones (excluding diaryl/α,β-unsaturated/α-hetero) is 1. The zero-order valence-corrected chi connectivity index (χ0v) is 9.84. The van der Waals surface area contributed by atoms with Crippen LogP contribution in [0.5, 0.6) is 0 Å². The van der Waals surface area contributed by atoms with Crippen molar-refractivity contribution >= 4 is 23.4 Å². The van der Waals surface area contributed by atoms with E-state index in [1.165, 1.54) is 0 Å². The molecule has 0 amide bonds. The van der Waals surface area contributed by atoms with Crippen LogP contribution in [0.15, 0.2) is 28.3 Å². The summed E-state index contributed by atoms with van der Waals surface area (Å²) in [6, 6.07) is 5.47. The maximum Gasteiger partial charge on any atom is 0.195 e. The number of fused-ring (bicyclic) bond motifs is 2. The molecule has 0 spiro atoms. The maximum atomic E-state index is 12.4. The molecule has 0 N–H and O–H groups in total. The molecule has 86 valence electrons. The molecule has 1 unspecified atom stereocenters. The summed E-state index contributed by atoms with van der Waals surface area (Å²) in [5.41, 5.74) is 3.42. The van der Waals surface area contributed by atoms with Gasteiger partial charge in [-0.05, 0) is 18.1 Å². The molecule has 2 aliphatic heterocycles. The van der Waals surface area contributed by atoms with E-state index in [9.17, 15) is 4.79 Å². The van der Waals surface area contributed by atoms with Gasteiger partial charge in [-0.25, -0.2) is 4.99 Å². The second-order valence-electron chi connectivity index (χ2n) is 4.29. The fraction of sp³-hybridized carbons (Fsp3) is 0.308. The van der Waals surface area contributed by atoms with Crippen LogP contribution in [-0.2, 0) is 6.42 Å². The largest absolute Gasteiger partial charge is 0.291 e. The Bertz CT molecular complexity index is 560. The molecule has 0 aromatic heterocycles. The summed E-state index contributed by atoms with van der Waals surface area (Å²) in [5.74, 6) is 0.0975. The third kappa shape index (κ3) is 1.33. The number of carbonyl (C=O) groups excluding carboxylic acids is 1. The zero-order valence-electron chi connectivity index (χ0n) is 9.84. The van der Waals surface area contributed by atoms with Crippen molar-refractivity contribution in [3.8, 4) is 0 Å². The van der Waals surface area contributed by atoms with Gasteiger partial charge in [-0.1, -0.05) is 19.1 Å². The van der Waals surface area contributed by atoms with Crippen molar-refractivity contribution in [3.63, 3.8) is 0 Å². The Morgan fingerprint density at radius 3 is 3.00 bits per heavy atom.